The summed E-state index contributed by atoms with van der Waals surface area (Å²) >= 11 is 0. The van der Waals surface area contributed by atoms with Crippen molar-refractivity contribution >= 4 is 17.7 Å². The molecule has 1 aromatic carbocycles. The van der Waals surface area contributed by atoms with Gasteiger partial charge in [0.05, 0.1) is 13.7 Å². The van der Waals surface area contributed by atoms with Crippen molar-refractivity contribution in [3.8, 4) is 5.75 Å². The van der Waals surface area contributed by atoms with Crippen LogP contribution in [0.25, 0.3) is 0 Å². The second kappa shape index (κ2) is 12.2. The number of hydrogen-bond acceptors (Lipinski definition) is 6. The number of amides is 1. The van der Waals surface area contributed by atoms with Crippen molar-refractivity contribution in [3.05, 3.63) is 29.8 Å². The predicted octanol–water partition coefficient (Wildman–Crippen LogP) is 3.60. The van der Waals surface area contributed by atoms with E-state index in [-0.39, 0.29) is 0 Å². The highest BCUT2D eigenvalue weighted by atomic mass is 16.5. The monoisotopic (exact) mass is 459 g/mol. The quantitative estimate of drug-likeness (QED) is 0.326. The number of piperidine rings is 1. The minimum atomic E-state index is -1.58. The fourth-order valence-electron chi connectivity index (χ4n) is 4.78. The first kappa shape index (κ1) is 25.2. The third kappa shape index (κ3) is 6.79. The molecule has 1 saturated heterocycles. The number of aliphatic hydroxyl groups is 1. The van der Waals surface area contributed by atoms with Crippen molar-refractivity contribution in [3.63, 3.8) is 0 Å². The Morgan fingerprint density at radius 2 is 1.73 bits per heavy atom. The summed E-state index contributed by atoms with van der Waals surface area (Å²) in [6, 6.07) is 7.27. The van der Waals surface area contributed by atoms with Gasteiger partial charge in [-0.15, -0.1) is 0 Å². The summed E-state index contributed by atoms with van der Waals surface area (Å²) in [6.45, 7) is 0.653. The third-order valence-electron chi connectivity index (χ3n) is 6.85. The number of Topliss-reactive ketones (excluding diaryl/α,β-unsaturated/α-hetero) is 1. The second-order valence-corrected chi connectivity index (χ2v) is 9.26. The lowest BCUT2D eigenvalue weighted by Crippen LogP contribution is -2.56. The third-order valence-corrected chi connectivity index (χ3v) is 6.85. The maximum atomic E-state index is 12.9. The largest absolute Gasteiger partial charge is 0.497 e. The zero-order valence-electron chi connectivity index (χ0n) is 19.7. The number of esters is 1. The lowest BCUT2D eigenvalue weighted by molar-refractivity contribution is -0.164. The van der Waals surface area contributed by atoms with Crippen LogP contribution in [0.5, 0.6) is 5.75 Å². The molecule has 1 atom stereocenters. The Bertz CT molecular complexity index is 800. The molecule has 0 radical (unpaired) electrons. The summed E-state index contributed by atoms with van der Waals surface area (Å²) in [5, 5.41) is 10.7. The smallest absolute Gasteiger partial charge is 0.328 e. The molecule has 2 aliphatic rings. The van der Waals surface area contributed by atoms with Crippen molar-refractivity contribution in [2.75, 3.05) is 20.3 Å². The first-order valence-electron chi connectivity index (χ1n) is 12.3. The Kier molecular flexibility index (Phi) is 9.30. The number of benzene rings is 1. The normalized spacial score (nSPS) is 20.2. The van der Waals surface area contributed by atoms with E-state index in [1.165, 1.54) is 10.5 Å². The molecule has 33 heavy (non-hydrogen) atoms. The SMILES string of the molecule is COc1ccc(CCCCCOC(=O)C2CCCCN2C(=O)C(=O)C2(O)CCCCC2)cc1. The second-order valence-electron chi connectivity index (χ2n) is 9.26. The molecule has 7 heteroatoms. The van der Waals surface area contributed by atoms with Crippen molar-refractivity contribution in [1.29, 1.82) is 0 Å². The zero-order valence-corrected chi connectivity index (χ0v) is 19.7. The molecule has 1 aliphatic heterocycles. The number of ketones is 1. The van der Waals surface area contributed by atoms with Gasteiger partial charge in [-0.1, -0.05) is 31.4 Å². The molecule has 0 aromatic heterocycles. The number of nitrogens with zero attached hydrogens (tertiary/aromatic N) is 1. The number of likely N-dealkylation sites (tertiary alicyclic amines) is 1. The lowest BCUT2D eigenvalue weighted by atomic mass is 9.81. The maximum Gasteiger partial charge on any atom is 0.328 e. The molecule has 1 unspecified atom stereocenters. The molecule has 1 aromatic rings. The molecule has 0 spiro atoms. The highest BCUT2D eigenvalue weighted by Gasteiger charge is 2.45. The van der Waals surface area contributed by atoms with Crippen LogP contribution in [0.3, 0.4) is 0 Å². The average molecular weight is 460 g/mol. The molecule has 1 saturated carbocycles. The van der Waals surface area contributed by atoms with E-state index in [2.05, 4.69) is 12.1 Å². The minimum Gasteiger partial charge on any atom is -0.497 e. The van der Waals surface area contributed by atoms with Gasteiger partial charge in [-0.2, -0.15) is 0 Å². The van der Waals surface area contributed by atoms with Crippen LogP contribution in [0.4, 0.5) is 0 Å². The number of rotatable bonds is 10. The van der Waals surface area contributed by atoms with E-state index in [9.17, 15) is 19.5 Å². The highest BCUT2D eigenvalue weighted by molar-refractivity contribution is 6.39. The van der Waals surface area contributed by atoms with Crippen molar-refractivity contribution in [2.24, 2.45) is 0 Å². The van der Waals surface area contributed by atoms with Gasteiger partial charge in [0.15, 0.2) is 0 Å². The predicted molar refractivity (Wildman–Crippen MR) is 124 cm³/mol. The standard InChI is InChI=1S/C26H37NO6/c1-32-21-14-12-20(13-15-21)10-4-2-9-19-33-25(30)22-11-5-8-18-27(22)24(29)23(28)26(31)16-6-3-7-17-26/h12-15,22,31H,2-11,16-19H2,1H3. The maximum absolute atomic E-state index is 12.9. The number of carbonyl (C=O) groups excluding carboxylic acids is 3. The molecule has 1 N–H and O–H groups in total. The number of methoxy groups -OCH3 is 1. The number of carbonyl (C=O) groups is 3. The van der Waals surface area contributed by atoms with Crippen LogP contribution in [0.1, 0.15) is 76.2 Å². The van der Waals surface area contributed by atoms with Gasteiger partial charge in [-0.05, 0) is 75.5 Å². The van der Waals surface area contributed by atoms with E-state index >= 15 is 0 Å². The van der Waals surface area contributed by atoms with Gasteiger partial charge in [0, 0.05) is 6.54 Å². The zero-order chi connectivity index (χ0) is 23.7. The van der Waals surface area contributed by atoms with Crippen LogP contribution in [-0.2, 0) is 25.5 Å². The van der Waals surface area contributed by atoms with Gasteiger partial charge in [0.2, 0.25) is 0 Å². The van der Waals surface area contributed by atoms with Crippen molar-refractivity contribution in [1.82, 2.24) is 4.90 Å². The van der Waals surface area contributed by atoms with E-state index in [1.54, 1.807) is 7.11 Å². The van der Waals surface area contributed by atoms with Gasteiger partial charge in [0.1, 0.15) is 17.4 Å². The molecule has 1 aliphatic carbocycles. The first-order valence-corrected chi connectivity index (χ1v) is 12.3. The van der Waals surface area contributed by atoms with E-state index in [1.807, 2.05) is 12.1 Å². The molecule has 2 fully saturated rings. The summed E-state index contributed by atoms with van der Waals surface area (Å²) in [5.74, 6) is -1.10. The minimum absolute atomic E-state index is 0.303. The number of unbranched alkanes of at least 4 members (excludes halogenated alkanes) is 2. The fraction of sp³-hybridized carbons (Fsp3) is 0.654. The van der Waals surface area contributed by atoms with Crippen LogP contribution in [0, 0.1) is 0 Å². The molecule has 3 rings (SSSR count). The molecule has 0 bridgehead atoms. The molecular formula is C26H37NO6. The lowest BCUT2D eigenvalue weighted by Gasteiger charge is -2.36. The van der Waals surface area contributed by atoms with Crippen LogP contribution in [0.15, 0.2) is 24.3 Å². The summed E-state index contributed by atoms with van der Waals surface area (Å²) in [7, 11) is 1.65. The van der Waals surface area contributed by atoms with Gasteiger partial charge >= 0.3 is 5.97 Å². The van der Waals surface area contributed by atoms with Gasteiger partial charge in [-0.25, -0.2) is 4.79 Å². The Morgan fingerprint density at radius 3 is 2.42 bits per heavy atom. The molecule has 1 amide bonds. The summed E-state index contributed by atoms with van der Waals surface area (Å²) in [5.41, 5.74) is -0.334. The molecule has 182 valence electrons. The Morgan fingerprint density at radius 1 is 1.00 bits per heavy atom. The number of aryl methyl sites for hydroxylation is 1. The summed E-state index contributed by atoms with van der Waals surface area (Å²) in [6.07, 6.45) is 8.73. The van der Waals surface area contributed by atoms with E-state index < -0.39 is 29.3 Å². The summed E-state index contributed by atoms with van der Waals surface area (Å²) < 4.78 is 10.6. The highest BCUT2D eigenvalue weighted by Crippen LogP contribution is 2.30. The fourth-order valence-corrected chi connectivity index (χ4v) is 4.78. The van der Waals surface area contributed by atoms with Crippen molar-refractivity contribution < 1.29 is 29.0 Å². The molecule has 7 nitrogen and oxygen atoms in total. The Labute approximate surface area is 196 Å². The Balaban J connectivity index is 1.42. The van der Waals surface area contributed by atoms with Crippen LogP contribution >= 0.6 is 0 Å². The van der Waals surface area contributed by atoms with Gasteiger partial charge in [-0.3, -0.25) is 9.59 Å². The van der Waals surface area contributed by atoms with Crippen LogP contribution in [0.2, 0.25) is 0 Å². The number of hydrogen-bond donors (Lipinski definition) is 1. The van der Waals surface area contributed by atoms with Crippen molar-refractivity contribution in [2.45, 2.75) is 88.7 Å². The van der Waals surface area contributed by atoms with Crippen LogP contribution < -0.4 is 4.74 Å². The Hall–Kier alpha value is -2.41. The molecular weight excluding hydrogens is 422 g/mol. The number of ether oxygens (including phenoxy) is 2. The topological polar surface area (TPSA) is 93.1 Å². The van der Waals surface area contributed by atoms with Gasteiger partial charge < -0.3 is 19.5 Å². The first-order chi connectivity index (χ1) is 15.9. The van der Waals surface area contributed by atoms with Crippen LogP contribution in [-0.4, -0.2) is 59.6 Å². The van der Waals surface area contributed by atoms with Gasteiger partial charge in [0.25, 0.3) is 11.7 Å². The van der Waals surface area contributed by atoms with E-state index in [0.717, 1.165) is 63.5 Å². The average Bonchev–Trinajstić information content (AvgIpc) is 2.86. The molecule has 1 heterocycles. The van der Waals surface area contributed by atoms with E-state index in [4.69, 9.17) is 9.47 Å². The summed E-state index contributed by atoms with van der Waals surface area (Å²) in [4.78, 5) is 39.7. The van der Waals surface area contributed by atoms with E-state index in [0.29, 0.717) is 32.4 Å².